The minimum atomic E-state index is -3.65. The van der Waals surface area contributed by atoms with Gasteiger partial charge in [-0.3, -0.25) is 0 Å². The van der Waals surface area contributed by atoms with Crippen LogP contribution in [-0.4, -0.2) is 19.8 Å². The molecular weight excluding hydrogens is 291 g/mol. The highest BCUT2D eigenvalue weighted by Gasteiger charge is 2.21. The lowest BCUT2D eigenvalue weighted by atomic mass is 10.2. The zero-order valence-electron chi connectivity index (χ0n) is 11.7. The van der Waals surface area contributed by atoms with E-state index in [4.69, 9.17) is 5.73 Å². The van der Waals surface area contributed by atoms with Crippen molar-refractivity contribution in [3.63, 3.8) is 0 Å². The van der Waals surface area contributed by atoms with E-state index in [0.717, 1.165) is 9.87 Å². The summed E-state index contributed by atoms with van der Waals surface area (Å²) in [5.41, 5.74) is 6.67. The normalized spacial score (nSPS) is 11.8. The van der Waals surface area contributed by atoms with Gasteiger partial charge < -0.3 is 5.73 Å². The van der Waals surface area contributed by atoms with E-state index in [1.165, 1.54) is 25.2 Å². The van der Waals surface area contributed by atoms with E-state index in [-0.39, 0.29) is 11.4 Å². The third-order valence-corrected chi connectivity index (χ3v) is 5.04. The van der Waals surface area contributed by atoms with E-state index in [1.54, 1.807) is 30.3 Å². The molecule has 0 saturated heterocycles. The van der Waals surface area contributed by atoms with Crippen molar-refractivity contribution < 1.29 is 12.8 Å². The Balaban J connectivity index is 2.24. The van der Waals surface area contributed by atoms with E-state index in [1.807, 2.05) is 0 Å². The van der Waals surface area contributed by atoms with Gasteiger partial charge in [-0.15, -0.1) is 0 Å². The Hall–Kier alpha value is -1.76. The SMILES string of the molecule is CN(Cc1ccccc1F)S(=O)(=O)c1ccc(CN)cc1. The number of halogens is 1. The van der Waals surface area contributed by atoms with Crippen molar-refractivity contribution in [2.24, 2.45) is 5.73 Å². The molecule has 0 aromatic heterocycles. The van der Waals surface area contributed by atoms with Gasteiger partial charge in [-0.05, 0) is 23.8 Å². The monoisotopic (exact) mass is 308 g/mol. The molecule has 0 aliphatic rings. The number of nitrogens with zero attached hydrogens (tertiary/aromatic N) is 1. The van der Waals surface area contributed by atoms with Gasteiger partial charge in [0.25, 0.3) is 0 Å². The van der Waals surface area contributed by atoms with Crippen LogP contribution >= 0.6 is 0 Å². The van der Waals surface area contributed by atoms with Crippen molar-refractivity contribution in [1.29, 1.82) is 0 Å². The number of hydrogen-bond donors (Lipinski definition) is 1. The van der Waals surface area contributed by atoms with Gasteiger partial charge in [-0.1, -0.05) is 30.3 Å². The topological polar surface area (TPSA) is 63.4 Å². The van der Waals surface area contributed by atoms with Crippen molar-refractivity contribution in [2.75, 3.05) is 7.05 Å². The smallest absolute Gasteiger partial charge is 0.243 e. The summed E-state index contributed by atoms with van der Waals surface area (Å²) >= 11 is 0. The van der Waals surface area contributed by atoms with Gasteiger partial charge >= 0.3 is 0 Å². The number of rotatable bonds is 5. The first-order valence-electron chi connectivity index (χ1n) is 6.44. The lowest BCUT2D eigenvalue weighted by Crippen LogP contribution is -2.27. The first-order valence-corrected chi connectivity index (χ1v) is 7.88. The average Bonchev–Trinajstić information content (AvgIpc) is 2.49. The third-order valence-electron chi connectivity index (χ3n) is 3.22. The standard InChI is InChI=1S/C15H17FN2O2S/c1-18(11-13-4-2-3-5-15(13)16)21(19,20)14-8-6-12(10-17)7-9-14/h2-9H,10-11,17H2,1H3. The maximum atomic E-state index is 13.6. The van der Waals surface area contributed by atoms with Gasteiger partial charge in [0, 0.05) is 25.7 Å². The third kappa shape index (κ3) is 3.47. The lowest BCUT2D eigenvalue weighted by molar-refractivity contribution is 0.456. The van der Waals surface area contributed by atoms with Crippen LogP contribution in [0.1, 0.15) is 11.1 Å². The summed E-state index contributed by atoms with van der Waals surface area (Å²) in [4.78, 5) is 0.165. The molecule has 0 aliphatic carbocycles. The van der Waals surface area contributed by atoms with E-state index in [2.05, 4.69) is 0 Å². The summed E-state index contributed by atoms with van der Waals surface area (Å²) in [6.45, 7) is 0.332. The zero-order valence-corrected chi connectivity index (χ0v) is 12.5. The molecule has 0 bridgehead atoms. The van der Waals surface area contributed by atoms with Crippen LogP contribution in [0.25, 0.3) is 0 Å². The molecular formula is C15H17FN2O2S. The summed E-state index contributed by atoms with van der Waals surface area (Å²) in [5, 5.41) is 0. The van der Waals surface area contributed by atoms with Crippen molar-refractivity contribution in [2.45, 2.75) is 18.0 Å². The second kappa shape index (κ2) is 6.34. The fraction of sp³-hybridized carbons (Fsp3) is 0.200. The summed E-state index contributed by atoms with van der Waals surface area (Å²) in [6, 6.07) is 12.5. The van der Waals surface area contributed by atoms with Crippen LogP contribution in [0.15, 0.2) is 53.4 Å². The minimum Gasteiger partial charge on any atom is -0.326 e. The van der Waals surface area contributed by atoms with Gasteiger partial charge in [0.1, 0.15) is 5.82 Å². The molecule has 112 valence electrons. The second-order valence-corrected chi connectivity index (χ2v) is 6.75. The molecule has 0 heterocycles. The largest absolute Gasteiger partial charge is 0.326 e. The van der Waals surface area contributed by atoms with Gasteiger partial charge in [0.15, 0.2) is 0 Å². The molecule has 0 spiro atoms. The Morgan fingerprint density at radius 2 is 1.71 bits per heavy atom. The van der Waals surface area contributed by atoms with Crippen LogP contribution in [0.5, 0.6) is 0 Å². The highest BCUT2D eigenvalue weighted by molar-refractivity contribution is 7.89. The first kappa shape index (κ1) is 15.6. The van der Waals surface area contributed by atoms with Gasteiger partial charge in [-0.2, -0.15) is 4.31 Å². The highest BCUT2D eigenvalue weighted by atomic mass is 32.2. The first-order chi connectivity index (χ1) is 9.95. The van der Waals surface area contributed by atoms with Crippen LogP contribution in [0.2, 0.25) is 0 Å². The fourth-order valence-corrected chi connectivity index (χ4v) is 3.08. The van der Waals surface area contributed by atoms with Crippen molar-refractivity contribution in [1.82, 2.24) is 4.31 Å². The molecule has 0 fully saturated rings. The Labute approximate surface area is 124 Å². The van der Waals surface area contributed by atoms with E-state index >= 15 is 0 Å². The Morgan fingerprint density at radius 3 is 2.29 bits per heavy atom. The van der Waals surface area contributed by atoms with Gasteiger partial charge in [0.05, 0.1) is 4.90 Å². The molecule has 0 unspecified atom stereocenters. The molecule has 2 rings (SSSR count). The van der Waals surface area contributed by atoms with Crippen LogP contribution in [0.4, 0.5) is 4.39 Å². The van der Waals surface area contributed by atoms with Crippen molar-refractivity contribution in [3.8, 4) is 0 Å². The molecule has 0 amide bonds. The summed E-state index contributed by atoms with van der Waals surface area (Å²) < 4.78 is 39.6. The van der Waals surface area contributed by atoms with Crippen LogP contribution in [0.3, 0.4) is 0 Å². The Kier molecular flexibility index (Phi) is 4.72. The predicted molar refractivity (Wildman–Crippen MR) is 79.4 cm³/mol. The Morgan fingerprint density at radius 1 is 1.10 bits per heavy atom. The summed E-state index contributed by atoms with van der Waals surface area (Å²) in [6.07, 6.45) is 0. The van der Waals surface area contributed by atoms with Crippen molar-refractivity contribution in [3.05, 3.63) is 65.5 Å². The maximum absolute atomic E-state index is 13.6. The van der Waals surface area contributed by atoms with E-state index in [9.17, 15) is 12.8 Å². The van der Waals surface area contributed by atoms with Gasteiger partial charge in [0.2, 0.25) is 10.0 Å². The molecule has 6 heteroatoms. The molecule has 0 saturated carbocycles. The summed E-state index contributed by atoms with van der Waals surface area (Å²) in [5.74, 6) is -0.418. The lowest BCUT2D eigenvalue weighted by Gasteiger charge is -2.17. The van der Waals surface area contributed by atoms with Crippen LogP contribution in [-0.2, 0) is 23.1 Å². The molecule has 0 radical (unpaired) electrons. The maximum Gasteiger partial charge on any atom is 0.243 e. The van der Waals surface area contributed by atoms with E-state index < -0.39 is 15.8 Å². The zero-order chi connectivity index (χ0) is 15.5. The predicted octanol–water partition coefficient (Wildman–Crippen LogP) is 2.11. The number of benzene rings is 2. The number of hydrogen-bond acceptors (Lipinski definition) is 3. The molecule has 2 N–H and O–H groups in total. The minimum absolute atomic E-state index is 0.0202. The molecule has 0 aliphatic heterocycles. The quantitative estimate of drug-likeness (QED) is 0.920. The number of nitrogens with two attached hydrogens (primary N) is 1. The fourth-order valence-electron chi connectivity index (χ4n) is 1.93. The van der Waals surface area contributed by atoms with Gasteiger partial charge in [-0.25, -0.2) is 12.8 Å². The molecule has 2 aromatic rings. The summed E-state index contributed by atoms with van der Waals surface area (Å²) in [7, 11) is -2.22. The van der Waals surface area contributed by atoms with Crippen LogP contribution in [0, 0.1) is 5.82 Å². The average molecular weight is 308 g/mol. The Bertz CT molecular complexity index is 715. The molecule has 4 nitrogen and oxygen atoms in total. The van der Waals surface area contributed by atoms with Crippen molar-refractivity contribution >= 4 is 10.0 Å². The second-order valence-electron chi connectivity index (χ2n) is 4.70. The molecule has 21 heavy (non-hydrogen) atoms. The van der Waals surface area contributed by atoms with E-state index in [0.29, 0.717) is 12.1 Å². The molecule has 0 atom stereocenters. The molecule has 2 aromatic carbocycles. The number of sulfonamides is 1. The van der Waals surface area contributed by atoms with Crippen LogP contribution < -0.4 is 5.73 Å². The highest BCUT2D eigenvalue weighted by Crippen LogP contribution is 2.18.